The second-order valence-corrected chi connectivity index (χ2v) is 2.91. The van der Waals surface area contributed by atoms with Crippen LogP contribution in [-0.4, -0.2) is 11.7 Å². The molecule has 5 heteroatoms. The first-order valence-corrected chi connectivity index (χ1v) is 4.42. The number of hydrogen-bond donors (Lipinski definition) is 1. The van der Waals surface area contributed by atoms with Crippen LogP contribution < -0.4 is 4.74 Å². The molecule has 1 N–H and O–H groups in total. The first-order chi connectivity index (χ1) is 6.99. The molecular weight excluding hydrogens is 209 g/mol. The van der Waals surface area contributed by atoms with Crippen molar-refractivity contribution in [1.29, 1.82) is 0 Å². The fraction of sp³-hybridized carbons (Fsp3) is 0.400. The molecule has 0 saturated carbocycles. The minimum atomic E-state index is -4.47. The van der Waals surface area contributed by atoms with E-state index in [2.05, 4.69) is 0 Å². The first-order valence-electron chi connectivity index (χ1n) is 4.42. The molecule has 0 amide bonds. The van der Waals surface area contributed by atoms with Crippen LogP contribution in [0.4, 0.5) is 13.2 Å². The number of ether oxygens (including phenoxy) is 1. The molecule has 0 spiro atoms. The number of alkyl halides is 3. The minimum absolute atomic E-state index is 0.147. The van der Waals surface area contributed by atoms with Crippen molar-refractivity contribution in [2.45, 2.75) is 19.7 Å². The monoisotopic (exact) mass is 220 g/mol. The Morgan fingerprint density at radius 3 is 2.47 bits per heavy atom. The molecule has 0 fully saturated rings. The number of hydrogen-bond acceptors (Lipinski definition) is 2. The lowest BCUT2D eigenvalue weighted by atomic mass is 10.1. The van der Waals surface area contributed by atoms with E-state index in [9.17, 15) is 13.2 Å². The summed E-state index contributed by atoms with van der Waals surface area (Å²) in [4.78, 5) is 0. The third-order valence-electron chi connectivity index (χ3n) is 1.87. The molecule has 2 nitrogen and oxygen atoms in total. The van der Waals surface area contributed by atoms with Gasteiger partial charge in [0, 0.05) is 0 Å². The number of aliphatic hydroxyl groups excluding tert-OH is 1. The summed E-state index contributed by atoms with van der Waals surface area (Å²) >= 11 is 0. The highest BCUT2D eigenvalue weighted by atomic mass is 19.4. The van der Waals surface area contributed by atoms with Crippen molar-refractivity contribution < 1.29 is 23.0 Å². The summed E-state index contributed by atoms with van der Waals surface area (Å²) in [7, 11) is 0. The Balaban J connectivity index is 3.13. The van der Waals surface area contributed by atoms with Crippen molar-refractivity contribution in [3.63, 3.8) is 0 Å². The van der Waals surface area contributed by atoms with E-state index in [1.807, 2.05) is 0 Å². The summed E-state index contributed by atoms with van der Waals surface area (Å²) in [5.41, 5.74) is -0.998. The fourth-order valence-electron chi connectivity index (χ4n) is 1.21. The van der Waals surface area contributed by atoms with Gasteiger partial charge in [-0.1, -0.05) is 6.07 Å². The Hall–Kier alpha value is -1.23. The molecule has 0 unspecified atom stereocenters. The zero-order valence-electron chi connectivity index (χ0n) is 8.14. The molecule has 0 heterocycles. The molecule has 0 bridgehead atoms. The molecule has 1 rings (SSSR count). The average molecular weight is 220 g/mol. The van der Waals surface area contributed by atoms with Crippen LogP contribution >= 0.6 is 0 Å². The van der Waals surface area contributed by atoms with Gasteiger partial charge in [0.05, 0.1) is 18.8 Å². The quantitative estimate of drug-likeness (QED) is 0.848. The predicted molar refractivity (Wildman–Crippen MR) is 48.5 cm³/mol. The molecular formula is C10H11F3O2. The largest absolute Gasteiger partial charge is 0.494 e. The fourth-order valence-corrected chi connectivity index (χ4v) is 1.21. The van der Waals surface area contributed by atoms with Crippen molar-refractivity contribution in [2.24, 2.45) is 0 Å². The highest BCUT2D eigenvalue weighted by molar-refractivity contribution is 5.37. The van der Waals surface area contributed by atoms with Crippen LogP contribution in [0.1, 0.15) is 18.1 Å². The lowest BCUT2D eigenvalue weighted by Gasteiger charge is -2.13. The van der Waals surface area contributed by atoms with E-state index in [0.29, 0.717) is 6.61 Å². The van der Waals surface area contributed by atoms with Crippen molar-refractivity contribution in [3.8, 4) is 5.75 Å². The molecule has 15 heavy (non-hydrogen) atoms. The minimum Gasteiger partial charge on any atom is -0.494 e. The van der Waals surface area contributed by atoms with Crippen LogP contribution in [-0.2, 0) is 12.8 Å². The summed E-state index contributed by atoms with van der Waals surface area (Å²) in [5.74, 6) is 0.155. The number of benzene rings is 1. The topological polar surface area (TPSA) is 29.5 Å². The van der Waals surface area contributed by atoms with E-state index in [1.54, 1.807) is 6.92 Å². The van der Waals surface area contributed by atoms with Gasteiger partial charge < -0.3 is 9.84 Å². The van der Waals surface area contributed by atoms with Gasteiger partial charge in [-0.3, -0.25) is 0 Å². The van der Waals surface area contributed by atoms with Gasteiger partial charge in [-0.2, -0.15) is 13.2 Å². The van der Waals surface area contributed by atoms with Crippen molar-refractivity contribution >= 4 is 0 Å². The molecule has 84 valence electrons. The summed E-state index contributed by atoms with van der Waals surface area (Å²) in [5, 5.41) is 8.76. The standard InChI is InChI=1S/C10H11F3O2/c1-2-15-8-4-3-7(6-14)9(5-8)10(11,12)13/h3-5,14H,2,6H2,1H3. The molecule has 1 aromatic rings. The zero-order chi connectivity index (χ0) is 11.5. The maximum atomic E-state index is 12.5. The van der Waals surface area contributed by atoms with Crippen LogP contribution in [0.25, 0.3) is 0 Å². The molecule has 0 aromatic heterocycles. The van der Waals surface area contributed by atoms with Gasteiger partial charge in [0.2, 0.25) is 0 Å². The van der Waals surface area contributed by atoms with Crippen LogP contribution in [0.15, 0.2) is 18.2 Å². The molecule has 0 aliphatic rings. The number of aliphatic hydroxyl groups is 1. The van der Waals surface area contributed by atoms with Gasteiger partial charge in [-0.05, 0) is 24.6 Å². The Kier molecular flexibility index (Phi) is 3.57. The van der Waals surface area contributed by atoms with E-state index < -0.39 is 18.3 Å². The van der Waals surface area contributed by atoms with Crippen molar-refractivity contribution in [3.05, 3.63) is 29.3 Å². The Bertz CT molecular complexity index is 334. The molecule has 0 aliphatic carbocycles. The third-order valence-corrected chi connectivity index (χ3v) is 1.87. The van der Waals surface area contributed by atoms with E-state index in [4.69, 9.17) is 9.84 Å². The second-order valence-electron chi connectivity index (χ2n) is 2.91. The highest BCUT2D eigenvalue weighted by Gasteiger charge is 2.33. The zero-order valence-corrected chi connectivity index (χ0v) is 8.14. The van der Waals surface area contributed by atoms with Gasteiger partial charge >= 0.3 is 6.18 Å². The van der Waals surface area contributed by atoms with E-state index in [-0.39, 0.29) is 11.3 Å². The summed E-state index contributed by atoms with van der Waals surface area (Å²) < 4.78 is 42.4. The molecule has 0 saturated heterocycles. The Morgan fingerprint density at radius 2 is 2.00 bits per heavy atom. The average Bonchev–Trinajstić information content (AvgIpc) is 2.17. The van der Waals surface area contributed by atoms with E-state index in [0.717, 1.165) is 6.07 Å². The summed E-state index contributed by atoms with van der Waals surface area (Å²) in [6.07, 6.45) is -4.47. The van der Waals surface area contributed by atoms with Gasteiger partial charge in [-0.25, -0.2) is 0 Å². The lowest BCUT2D eigenvalue weighted by Crippen LogP contribution is -2.09. The van der Waals surface area contributed by atoms with E-state index >= 15 is 0 Å². The maximum absolute atomic E-state index is 12.5. The number of rotatable bonds is 3. The van der Waals surface area contributed by atoms with Crippen molar-refractivity contribution in [2.75, 3.05) is 6.61 Å². The summed E-state index contributed by atoms with van der Waals surface area (Å²) in [6, 6.07) is 3.52. The van der Waals surface area contributed by atoms with E-state index in [1.165, 1.54) is 12.1 Å². The van der Waals surface area contributed by atoms with Crippen molar-refractivity contribution in [1.82, 2.24) is 0 Å². The van der Waals surface area contributed by atoms with Crippen LogP contribution in [0, 0.1) is 0 Å². The third kappa shape index (κ3) is 2.86. The van der Waals surface area contributed by atoms with Crippen LogP contribution in [0.2, 0.25) is 0 Å². The highest BCUT2D eigenvalue weighted by Crippen LogP contribution is 2.34. The van der Waals surface area contributed by atoms with Gasteiger partial charge in [0.15, 0.2) is 0 Å². The van der Waals surface area contributed by atoms with Crippen LogP contribution in [0.3, 0.4) is 0 Å². The van der Waals surface area contributed by atoms with Gasteiger partial charge in [0.1, 0.15) is 5.75 Å². The SMILES string of the molecule is CCOc1ccc(CO)c(C(F)(F)F)c1. The van der Waals surface area contributed by atoms with Gasteiger partial charge in [-0.15, -0.1) is 0 Å². The predicted octanol–water partition coefficient (Wildman–Crippen LogP) is 2.60. The molecule has 1 aromatic carbocycles. The smallest absolute Gasteiger partial charge is 0.416 e. The summed E-state index contributed by atoms with van der Waals surface area (Å²) in [6.45, 7) is 1.35. The Labute approximate surface area is 85.3 Å². The lowest BCUT2D eigenvalue weighted by molar-refractivity contribution is -0.138. The normalized spacial score (nSPS) is 11.5. The number of halogens is 3. The molecule has 0 atom stereocenters. The maximum Gasteiger partial charge on any atom is 0.416 e. The molecule has 0 aliphatic heterocycles. The molecule has 0 radical (unpaired) electrons. The second kappa shape index (κ2) is 4.53. The van der Waals surface area contributed by atoms with Gasteiger partial charge in [0.25, 0.3) is 0 Å². The Morgan fingerprint density at radius 1 is 1.33 bits per heavy atom. The van der Waals surface area contributed by atoms with Crippen LogP contribution in [0.5, 0.6) is 5.75 Å². The first kappa shape index (κ1) is 11.8.